The predicted molar refractivity (Wildman–Crippen MR) is 103 cm³/mol. The van der Waals surface area contributed by atoms with Gasteiger partial charge in [0.15, 0.2) is 0 Å². The Morgan fingerprint density at radius 1 is 0.750 bits per heavy atom. The number of allylic oxidation sites excluding steroid dienone is 1. The van der Waals surface area contributed by atoms with Gasteiger partial charge in [0.1, 0.15) is 0 Å². The second-order valence-electron chi connectivity index (χ2n) is 7.69. The molecule has 0 unspecified atom stereocenters. The Bertz CT molecular complexity index is 362. The Balaban J connectivity index is -0.0000000334. The van der Waals surface area contributed by atoms with E-state index in [0.29, 0.717) is 0 Å². The van der Waals surface area contributed by atoms with Crippen molar-refractivity contribution >= 4 is 5.97 Å². The van der Waals surface area contributed by atoms with E-state index in [4.69, 9.17) is 5.11 Å². The number of aliphatic carboxylic acids is 1. The van der Waals surface area contributed by atoms with Gasteiger partial charge < -0.3 is 13.7 Å². The first-order valence-corrected chi connectivity index (χ1v) is 9.21. The van der Waals surface area contributed by atoms with Gasteiger partial charge in [0, 0.05) is 6.08 Å². The zero-order chi connectivity index (χ0) is 17.0. The van der Waals surface area contributed by atoms with Gasteiger partial charge >= 0.3 is 314 Å². The summed E-state index contributed by atoms with van der Waals surface area (Å²) in [6, 6.07) is 0. The van der Waals surface area contributed by atoms with E-state index in [1.807, 2.05) is 6.92 Å². The van der Waals surface area contributed by atoms with Crippen LogP contribution in [0.3, 0.4) is 0 Å². The van der Waals surface area contributed by atoms with Gasteiger partial charge in [-0.2, -0.15) is 0 Å². The van der Waals surface area contributed by atoms with E-state index in [0.717, 1.165) is 36.2 Å². The molecule has 0 spiro atoms. The Kier molecular flexibility index (Phi) is 72.7. The van der Waals surface area contributed by atoms with Crippen molar-refractivity contribution in [2.45, 2.75) is 92.4 Å². The summed E-state index contributed by atoms with van der Waals surface area (Å²) < 4.78 is 0. The van der Waals surface area contributed by atoms with Crippen molar-refractivity contribution < 1.29 is 327 Å². The van der Waals surface area contributed by atoms with Crippen molar-refractivity contribution in [1.82, 2.24) is 0 Å². The van der Waals surface area contributed by atoms with Crippen LogP contribution in [-0.2, 0) is 4.79 Å². The van der Waals surface area contributed by atoms with E-state index in [-0.39, 0.29) is 317 Å². The fourth-order valence-electron chi connectivity index (χ4n) is 2.99. The molecule has 0 fully saturated rings. The molecule has 0 aromatic heterocycles. The first-order chi connectivity index (χ1) is 10.3. The molecule has 0 bridgehead atoms. The Labute approximate surface area is 440 Å². The molecule has 0 heterocycles. The number of rotatable bonds is 13. The average Bonchev–Trinajstić information content (AvgIpc) is 2.37. The molecule has 142 valence electrons. The van der Waals surface area contributed by atoms with Crippen LogP contribution < -0.4 is 308 Å². The smallest absolute Gasteiger partial charge is 1.00 e. The zero-order valence-corrected chi connectivity index (χ0v) is 40.3. The Morgan fingerprint density at radius 3 is 1.46 bits per heavy atom. The van der Waals surface area contributed by atoms with E-state index in [1.54, 1.807) is 0 Å². The molecular formula is C20H44K6O2. The predicted octanol–water partition coefficient (Wildman–Crippen LogP) is -10.8. The summed E-state index contributed by atoms with van der Waals surface area (Å²) in [7, 11) is 0. The van der Waals surface area contributed by atoms with Crippen LogP contribution in [0.4, 0.5) is 0 Å². The topological polar surface area (TPSA) is 37.3 Å². The summed E-state index contributed by atoms with van der Waals surface area (Å²) >= 11 is 0. The van der Waals surface area contributed by atoms with Crippen LogP contribution in [0.15, 0.2) is 11.6 Å². The molecule has 0 rings (SSSR count). The van der Waals surface area contributed by atoms with Crippen molar-refractivity contribution in [3.05, 3.63) is 11.6 Å². The van der Waals surface area contributed by atoms with Gasteiger partial charge in [-0.05, 0) is 37.5 Å². The SMILES string of the molecule is C/C(=C\C(=O)O)CCC[C@H](C)CCC[C@H](C)CCCC(C)C.[H-].[H-].[H-].[H-].[H-].[H-].[K+].[K+].[K+].[K+].[K+].[K+]. The fraction of sp³-hybridized carbons (Fsp3) is 0.850. The van der Waals surface area contributed by atoms with Crippen LogP contribution >= 0.6 is 0 Å². The van der Waals surface area contributed by atoms with Gasteiger partial charge in [-0.1, -0.05) is 78.2 Å². The van der Waals surface area contributed by atoms with E-state index in [1.165, 1.54) is 51.0 Å². The number of carbonyl (C=O) groups is 1. The number of carboxylic acids is 1. The first-order valence-electron chi connectivity index (χ1n) is 9.21. The largest absolute Gasteiger partial charge is 1.00 e. The normalized spacial score (nSPS) is 11.9. The molecule has 28 heavy (non-hydrogen) atoms. The van der Waals surface area contributed by atoms with Gasteiger partial charge in [0.2, 0.25) is 0 Å². The molecule has 0 aliphatic heterocycles. The summed E-state index contributed by atoms with van der Waals surface area (Å²) in [5, 5.41) is 8.68. The van der Waals surface area contributed by atoms with Crippen molar-refractivity contribution in [3.63, 3.8) is 0 Å². The van der Waals surface area contributed by atoms with Crippen molar-refractivity contribution in [3.8, 4) is 0 Å². The molecule has 2 nitrogen and oxygen atoms in total. The second kappa shape index (κ2) is 38.2. The van der Waals surface area contributed by atoms with Crippen LogP contribution in [0.25, 0.3) is 0 Å². The molecule has 0 aromatic carbocycles. The summed E-state index contributed by atoms with van der Waals surface area (Å²) in [5.41, 5.74) is 0.985. The van der Waals surface area contributed by atoms with Gasteiger partial charge in [-0.15, -0.1) is 0 Å². The minimum Gasteiger partial charge on any atom is -1.00 e. The quantitative estimate of drug-likeness (QED) is 0.183. The molecule has 0 aliphatic carbocycles. The molecule has 0 radical (unpaired) electrons. The van der Waals surface area contributed by atoms with Crippen molar-refractivity contribution in [1.29, 1.82) is 0 Å². The Morgan fingerprint density at radius 2 is 1.11 bits per heavy atom. The third-order valence-corrected chi connectivity index (χ3v) is 4.51. The van der Waals surface area contributed by atoms with E-state index >= 15 is 0 Å². The Hall–Kier alpha value is 9.03. The van der Waals surface area contributed by atoms with Crippen LogP contribution in [0.5, 0.6) is 0 Å². The van der Waals surface area contributed by atoms with E-state index in [2.05, 4.69) is 27.7 Å². The number of hydrogen-bond acceptors (Lipinski definition) is 1. The van der Waals surface area contributed by atoms with Crippen LogP contribution in [0.2, 0.25) is 0 Å². The summed E-state index contributed by atoms with van der Waals surface area (Å²) in [6.45, 7) is 11.3. The molecule has 1 N–H and O–H groups in total. The van der Waals surface area contributed by atoms with Crippen LogP contribution in [0.1, 0.15) is 101 Å². The van der Waals surface area contributed by atoms with Gasteiger partial charge in [0.25, 0.3) is 0 Å². The number of hydrogen-bond donors (Lipinski definition) is 1. The number of carboxylic acid groups (broad SMARTS) is 1. The molecule has 2 atom stereocenters. The maximum absolute atomic E-state index is 10.5. The standard InChI is InChI=1S/C20H38O2.6K.6H/c1-16(2)9-6-10-17(3)11-7-12-18(4)13-8-14-19(5)15-20(21)22;;;;;;;;;;;;/h15-18H,6-14H2,1-5H3,(H,21,22);;;;;;;;;;;;/q;6*+1;6*-1/b19-15+;;;;;;;;;;;;/t17-,18-;;;;;;;;;;;;/m1............/s1. The third-order valence-electron chi connectivity index (χ3n) is 4.51. The van der Waals surface area contributed by atoms with E-state index < -0.39 is 5.97 Å². The van der Waals surface area contributed by atoms with Crippen molar-refractivity contribution in [2.75, 3.05) is 0 Å². The van der Waals surface area contributed by atoms with Gasteiger partial charge in [-0.3, -0.25) is 0 Å². The molecule has 0 aromatic rings. The molecule has 0 amide bonds. The van der Waals surface area contributed by atoms with Crippen molar-refractivity contribution in [2.24, 2.45) is 17.8 Å². The van der Waals surface area contributed by atoms with E-state index in [9.17, 15) is 4.79 Å². The first kappa shape index (κ1) is 53.3. The summed E-state index contributed by atoms with van der Waals surface area (Å²) in [6.07, 6.45) is 12.7. The fourth-order valence-corrected chi connectivity index (χ4v) is 2.99. The van der Waals surface area contributed by atoms with Gasteiger partial charge in [-0.25, -0.2) is 4.79 Å². The molecule has 0 saturated heterocycles. The molecule has 0 aliphatic rings. The minimum absolute atomic E-state index is 0. The third kappa shape index (κ3) is 42.1. The summed E-state index contributed by atoms with van der Waals surface area (Å²) in [5.74, 6) is 1.65. The molecule has 8 heteroatoms. The van der Waals surface area contributed by atoms with Gasteiger partial charge in [0.05, 0.1) is 0 Å². The minimum atomic E-state index is -0.822. The average molecular weight is 551 g/mol. The van der Waals surface area contributed by atoms with Crippen LogP contribution in [-0.4, -0.2) is 11.1 Å². The maximum atomic E-state index is 10.5. The summed E-state index contributed by atoms with van der Waals surface area (Å²) in [4.78, 5) is 10.5. The van der Waals surface area contributed by atoms with Crippen LogP contribution in [0, 0.1) is 17.8 Å². The molecular weight excluding hydrogens is 507 g/mol. The monoisotopic (exact) mass is 550 g/mol. The second-order valence-corrected chi connectivity index (χ2v) is 7.69. The maximum Gasteiger partial charge on any atom is 1.00 e. The zero-order valence-electron chi connectivity index (χ0n) is 27.5. The molecule has 0 saturated carbocycles.